The lowest BCUT2D eigenvalue weighted by Crippen LogP contribution is -2.47. The Hall–Kier alpha value is -2.83. The number of benzene rings is 1. The van der Waals surface area contributed by atoms with Gasteiger partial charge in [0.05, 0.1) is 14.2 Å². The molecule has 0 aliphatic heterocycles. The summed E-state index contributed by atoms with van der Waals surface area (Å²) >= 11 is 0. The fraction of sp³-hybridized carbons (Fsp3) is 0.421. The van der Waals surface area contributed by atoms with Crippen molar-refractivity contribution in [3.8, 4) is 5.75 Å². The molecule has 0 spiro atoms. The van der Waals surface area contributed by atoms with Crippen LogP contribution in [0.5, 0.6) is 5.75 Å². The van der Waals surface area contributed by atoms with Crippen molar-refractivity contribution >= 4 is 23.9 Å². The fourth-order valence-electron chi connectivity index (χ4n) is 2.16. The number of para-hydroxylation sites is 1. The molecule has 142 valence electrons. The highest BCUT2D eigenvalue weighted by atomic mass is 16.5. The van der Waals surface area contributed by atoms with Gasteiger partial charge in [-0.3, -0.25) is 4.79 Å². The van der Waals surface area contributed by atoms with Gasteiger partial charge in [-0.25, -0.2) is 9.59 Å². The first-order valence-corrected chi connectivity index (χ1v) is 8.27. The molecule has 0 saturated heterocycles. The van der Waals surface area contributed by atoms with Crippen molar-refractivity contribution in [1.29, 1.82) is 0 Å². The van der Waals surface area contributed by atoms with E-state index in [1.165, 1.54) is 26.4 Å². The van der Waals surface area contributed by atoms with Crippen LogP contribution >= 0.6 is 0 Å². The summed E-state index contributed by atoms with van der Waals surface area (Å²) in [5, 5.41) is 2.53. The maximum atomic E-state index is 11.9. The van der Waals surface area contributed by atoms with E-state index >= 15 is 0 Å². The van der Waals surface area contributed by atoms with Crippen molar-refractivity contribution in [2.45, 2.75) is 26.3 Å². The van der Waals surface area contributed by atoms with E-state index in [0.29, 0.717) is 17.7 Å². The molecule has 0 fully saturated rings. The largest absolute Gasteiger partial charge is 0.496 e. The Balaban J connectivity index is 2.56. The van der Waals surface area contributed by atoms with E-state index in [4.69, 9.17) is 9.47 Å². The Morgan fingerprint density at radius 1 is 1.19 bits per heavy atom. The molecule has 1 amide bonds. The number of esters is 2. The van der Waals surface area contributed by atoms with Crippen LogP contribution < -0.4 is 10.1 Å². The molecule has 26 heavy (non-hydrogen) atoms. The molecule has 0 aliphatic rings. The molecule has 0 heterocycles. The van der Waals surface area contributed by atoms with Crippen molar-refractivity contribution in [2.75, 3.05) is 20.8 Å². The van der Waals surface area contributed by atoms with Crippen molar-refractivity contribution in [3.63, 3.8) is 0 Å². The Morgan fingerprint density at radius 2 is 1.88 bits per heavy atom. The van der Waals surface area contributed by atoms with Crippen LogP contribution in [0.15, 0.2) is 30.3 Å². The summed E-state index contributed by atoms with van der Waals surface area (Å²) in [7, 11) is 2.79. The highest BCUT2D eigenvalue weighted by Gasteiger charge is 2.26. The van der Waals surface area contributed by atoms with Crippen molar-refractivity contribution in [3.05, 3.63) is 35.9 Å². The molecule has 7 nitrogen and oxygen atoms in total. The first-order chi connectivity index (χ1) is 12.4. The van der Waals surface area contributed by atoms with E-state index in [1.54, 1.807) is 12.1 Å². The van der Waals surface area contributed by atoms with Gasteiger partial charge in [0.15, 0.2) is 6.61 Å². The standard InChI is InChI=1S/C19H25NO6/c1-5-13(2)18(19(23)25-4)20-16(21)12-26-17(22)11-10-14-8-6-7-9-15(14)24-3/h6-11,13,18H,5,12H2,1-4H3,(H,20,21)/b11-10+/t13-,18+/m0/s1. The highest BCUT2D eigenvalue weighted by Crippen LogP contribution is 2.18. The fourth-order valence-corrected chi connectivity index (χ4v) is 2.16. The van der Waals surface area contributed by atoms with Gasteiger partial charge < -0.3 is 19.5 Å². The molecular formula is C19H25NO6. The number of nitrogens with one attached hydrogen (secondary N) is 1. The number of ether oxygens (including phenoxy) is 3. The summed E-state index contributed by atoms with van der Waals surface area (Å²) in [6.07, 6.45) is 3.43. The minimum absolute atomic E-state index is 0.104. The highest BCUT2D eigenvalue weighted by molar-refractivity contribution is 5.90. The van der Waals surface area contributed by atoms with Gasteiger partial charge in [0.25, 0.3) is 5.91 Å². The quantitative estimate of drug-likeness (QED) is 0.533. The van der Waals surface area contributed by atoms with Gasteiger partial charge in [0, 0.05) is 11.6 Å². The molecule has 1 N–H and O–H groups in total. The zero-order valence-electron chi connectivity index (χ0n) is 15.5. The van der Waals surface area contributed by atoms with Gasteiger partial charge in [0.2, 0.25) is 0 Å². The van der Waals surface area contributed by atoms with Crippen LogP contribution in [-0.2, 0) is 23.9 Å². The minimum atomic E-state index is -0.777. The number of hydrogen-bond acceptors (Lipinski definition) is 6. The van der Waals surface area contributed by atoms with Crippen LogP contribution in [-0.4, -0.2) is 44.7 Å². The molecule has 2 atom stereocenters. The second kappa shape index (κ2) is 10.9. The first kappa shape index (κ1) is 21.2. The summed E-state index contributed by atoms with van der Waals surface area (Å²) in [5.74, 6) is -1.27. The van der Waals surface area contributed by atoms with Crippen molar-refractivity contribution in [1.82, 2.24) is 5.32 Å². The van der Waals surface area contributed by atoms with Gasteiger partial charge in [-0.15, -0.1) is 0 Å². The second-order valence-electron chi connectivity index (χ2n) is 5.64. The van der Waals surface area contributed by atoms with Gasteiger partial charge in [-0.1, -0.05) is 38.5 Å². The average Bonchev–Trinajstić information content (AvgIpc) is 2.67. The van der Waals surface area contributed by atoms with E-state index < -0.39 is 30.5 Å². The second-order valence-corrected chi connectivity index (χ2v) is 5.64. The Kier molecular flexibility index (Phi) is 8.91. The summed E-state index contributed by atoms with van der Waals surface area (Å²) in [5.41, 5.74) is 0.707. The molecular weight excluding hydrogens is 338 g/mol. The third kappa shape index (κ3) is 6.58. The van der Waals surface area contributed by atoms with Crippen LogP contribution in [0.25, 0.3) is 6.08 Å². The number of carbonyl (C=O) groups excluding carboxylic acids is 3. The maximum absolute atomic E-state index is 11.9. The van der Waals surface area contributed by atoms with Gasteiger partial charge in [-0.05, 0) is 18.1 Å². The lowest BCUT2D eigenvalue weighted by atomic mass is 9.99. The summed E-state index contributed by atoms with van der Waals surface area (Å²) < 4.78 is 14.8. The van der Waals surface area contributed by atoms with Gasteiger partial charge in [-0.2, -0.15) is 0 Å². The molecule has 7 heteroatoms. The van der Waals surface area contributed by atoms with Crippen LogP contribution in [0, 0.1) is 5.92 Å². The molecule has 0 aliphatic carbocycles. The predicted octanol–water partition coefficient (Wildman–Crippen LogP) is 1.96. The topological polar surface area (TPSA) is 90.9 Å². The molecule has 1 aromatic carbocycles. The minimum Gasteiger partial charge on any atom is -0.496 e. The zero-order chi connectivity index (χ0) is 19.5. The first-order valence-electron chi connectivity index (χ1n) is 8.27. The third-order valence-electron chi connectivity index (χ3n) is 3.87. The van der Waals surface area contributed by atoms with Crippen molar-refractivity contribution in [2.24, 2.45) is 5.92 Å². The third-order valence-corrected chi connectivity index (χ3v) is 3.87. The zero-order valence-corrected chi connectivity index (χ0v) is 15.5. The van der Waals surface area contributed by atoms with Crippen LogP contribution in [0.3, 0.4) is 0 Å². The summed E-state index contributed by atoms with van der Waals surface area (Å²) in [6.45, 7) is 3.23. The maximum Gasteiger partial charge on any atom is 0.331 e. The molecule has 0 unspecified atom stereocenters. The molecule has 1 aromatic rings. The lowest BCUT2D eigenvalue weighted by molar-refractivity contribution is -0.148. The Bertz CT molecular complexity index is 655. The summed E-state index contributed by atoms with van der Waals surface area (Å²) in [4.78, 5) is 35.4. The Morgan fingerprint density at radius 3 is 2.50 bits per heavy atom. The van der Waals surface area contributed by atoms with Crippen LogP contribution in [0.2, 0.25) is 0 Å². The molecule has 0 radical (unpaired) electrons. The molecule has 1 rings (SSSR count). The SMILES string of the molecule is CC[C@H](C)[C@@H](NC(=O)COC(=O)/C=C/c1ccccc1OC)C(=O)OC. The van der Waals surface area contributed by atoms with E-state index in [2.05, 4.69) is 10.1 Å². The number of amides is 1. The number of carbonyl (C=O) groups is 3. The number of methoxy groups -OCH3 is 2. The van der Waals surface area contributed by atoms with Gasteiger partial charge in [0.1, 0.15) is 11.8 Å². The van der Waals surface area contributed by atoms with E-state index in [0.717, 1.165) is 0 Å². The van der Waals surface area contributed by atoms with E-state index in [9.17, 15) is 14.4 Å². The Labute approximate surface area is 153 Å². The summed E-state index contributed by atoms with van der Waals surface area (Å²) in [6, 6.07) is 6.39. The monoisotopic (exact) mass is 363 g/mol. The number of hydrogen-bond donors (Lipinski definition) is 1. The van der Waals surface area contributed by atoms with Gasteiger partial charge >= 0.3 is 11.9 Å². The number of rotatable bonds is 9. The molecule has 0 aromatic heterocycles. The van der Waals surface area contributed by atoms with Crippen molar-refractivity contribution < 1.29 is 28.6 Å². The predicted molar refractivity (Wildman–Crippen MR) is 96.4 cm³/mol. The van der Waals surface area contributed by atoms with Crippen LogP contribution in [0.4, 0.5) is 0 Å². The molecule has 0 bridgehead atoms. The molecule has 0 saturated carbocycles. The van der Waals surface area contributed by atoms with E-state index in [-0.39, 0.29) is 5.92 Å². The van der Waals surface area contributed by atoms with Crippen LogP contribution in [0.1, 0.15) is 25.8 Å². The average molecular weight is 363 g/mol. The lowest BCUT2D eigenvalue weighted by Gasteiger charge is -2.21. The van der Waals surface area contributed by atoms with E-state index in [1.807, 2.05) is 26.0 Å². The smallest absolute Gasteiger partial charge is 0.331 e. The normalized spacial score (nSPS) is 12.9.